The van der Waals surface area contributed by atoms with Gasteiger partial charge in [0.25, 0.3) is 23.6 Å². The molecule has 0 N–H and O–H groups in total. The summed E-state index contributed by atoms with van der Waals surface area (Å²) in [6.45, 7) is 9.94. The summed E-state index contributed by atoms with van der Waals surface area (Å²) in [4.78, 5) is 120. The fourth-order valence-electron chi connectivity index (χ4n) is 11.8. The van der Waals surface area contributed by atoms with Crippen molar-refractivity contribution in [3.05, 3.63) is 257 Å². The van der Waals surface area contributed by atoms with Crippen LogP contribution >= 0.6 is 46.4 Å². The summed E-state index contributed by atoms with van der Waals surface area (Å²) >= 11 is 23.5. The summed E-state index contributed by atoms with van der Waals surface area (Å²) in [6.07, 6.45) is -1.13. The molecule has 0 atom stereocenters. The first kappa shape index (κ1) is 93.4. The summed E-state index contributed by atoms with van der Waals surface area (Å²) < 4.78 is 26.9. The van der Waals surface area contributed by atoms with Gasteiger partial charge in [0.2, 0.25) is 11.8 Å². The van der Waals surface area contributed by atoms with Crippen molar-refractivity contribution in [1.29, 1.82) is 0 Å². The molecule has 0 aliphatic carbocycles. The number of amides is 2. The van der Waals surface area contributed by atoms with Gasteiger partial charge in [0.15, 0.2) is 0 Å². The second kappa shape index (κ2) is 42.1. The van der Waals surface area contributed by atoms with E-state index >= 15 is 0 Å². The van der Waals surface area contributed by atoms with Gasteiger partial charge in [-0.3, -0.25) is 47.0 Å². The second-order valence-corrected chi connectivity index (χ2v) is 27.1. The van der Waals surface area contributed by atoms with Crippen LogP contribution in [0.15, 0.2) is 170 Å². The molecule has 0 aliphatic rings. The monoisotopic (exact) mass is 1720 g/mol. The molecule has 114 heavy (non-hydrogen) atoms. The fraction of sp³-hybridized carbons (Fsp3) is 0.214. The molecule has 2 radical (unpaired) electrons. The zero-order valence-corrected chi connectivity index (χ0v) is 69.0. The molecule has 0 saturated heterocycles. The SMILES string of the molecule is CC(=O)N(C)C.CC(=O)N(C)C.COc1ccc2c(c1)c(CC(=O)[O-])c(C)n2C(=O)c1ccc(Cl)cc1.COc1ccc2c(c1)c(CC(=O)[O-])c(C)n2C(=O)c1ccc(Cl)cc1.COc1ccc2c(c1)c(CC(=O)[O-])c(C)n2C(=O)c1ccc(Cl)cc1.COc1ccc2c(c1)c(CC(=O)[O-])c(C)n2C(=O)c1ccc(Cl)cc1.[Cu+2].[Cu+2]. The number of carboxylic acid groups (broad SMARTS) is 4. The van der Waals surface area contributed by atoms with E-state index in [1.165, 1.54) is 70.4 Å². The van der Waals surface area contributed by atoms with Crippen LogP contribution in [0.5, 0.6) is 23.0 Å². The van der Waals surface area contributed by atoms with Crippen molar-refractivity contribution < 1.29 is 121 Å². The number of rotatable bonds is 16. The van der Waals surface area contributed by atoms with Gasteiger partial charge in [-0.2, -0.15) is 0 Å². The maximum Gasteiger partial charge on any atom is 2.00 e. The Morgan fingerprint density at radius 3 is 0.596 bits per heavy atom. The van der Waals surface area contributed by atoms with Crippen LogP contribution in [0, 0.1) is 27.7 Å². The number of aromatic nitrogens is 4. The van der Waals surface area contributed by atoms with Crippen LogP contribution in [0.4, 0.5) is 0 Å². The Hall–Kier alpha value is -11.2. The van der Waals surface area contributed by atoms with Gasteiger partial charge in [-0.1, -0.05) is 46.4 Å². The average Bonchev–Trinajstić information content (AvgIpc) is 1.63. The number of aliphatic carboxylic acids is 4. The predicted molar refractivity (Wildman–Crippen MR) is 421 cm³/mol. The maximum atomic E-state index is 13.0. The summed E-state index contributed by atoms with van der Waals surface area (Å²) in [5.41, 5.74) is 8.72. The number of halogens is 4. The molecular formula is C84H78Cl4Cu2N6O18. The number of ether oxygens (including phenoxy) is 4. The Balaban J connectivity index is 0.000000257. The normalized spacial score (nSPS) is 10.3. The summed E-state index contributed by atoms with van der Waals surface area (Å²) in [6, 6.07) is 47.0. The fourth-order valence-corrected chi connectivity index (χ4v) is 12.3. The van der Waals surface area contributed by atoms with Crippen molar-refractivity contribution in [3.63, 3.8) is 0 Å². The van der Waals surface area contributed by atoms with Gasteiger partial charge in [-0.05, 0) is 220 Å². The van der Waals surface area contributed by atoms with Crippen LogP contribution in [-0.2, 0) is 88.6 Å². The van der Waals surface area contributed by atoms with Gasteiger partial charge in [0.1, 0.15) is 23.0 Å². The van der Waals surface area contributed by atoms with Crippen molar-refractivity contribution in [1.82, 2.24) is 28.1 Å². The Morgan fingerprint density at radius 1 is 0.307 bits per heavy atom. The first-order valence-corrected chi connectivity index (χ1v) is 35.6. The third-order valence-electron chi connectivity index (χ3n) is 17.9. The van der Waals surface area contributed by atoms with Gasteiger partial charge in [0.05, 0.1) is 50.5 Å². The molecule has 0 aliphatic heterocycles. The number of hydrogen-bond donors (Lipinski definition) is 0. The molecule has 24 nitrogen and oxygen atoms in total. The first-order valence-electron chi connectivity index (χ1n) is 34.0. The molecule has 30 heteroatoms. The minimum absolute atomic E-state index is 0. The zero-order valence-electron chi connectivity index (χ0n) is 64.1. The third kappa shape index (κ3) is 23.0. The van der Waals surface area contributed by atoms with Crippen LogP contribution in [-0.4, -0.2) is 144 Å². The van der Waals surface area contributed by atoms with E-state index in [2.05, 4.69) is 0 Å². The molecule has 8 aromatic carbocycles. The van der Waals surface area contributed by atoms with Crippen molar-refractivity contribution >= 4 is 149 Å². The van der Waals surface area contributed by atoms with Crippen LogP contribution in [0.25, 0.3) is 43.6 Å². The zero-order chi connectivity index (χ0) is 82.9. The van der Waals surface area contributed by atoms with Crippen LogP contribution in [0.2, 0.25) is 20.1 Å². The molecule has 2 amide bonds. The molecule has 0 unspecified atom stereocenters. The molecule has 0 saturated carbocycles. The minimum Gasteiger partial charge on any atom is -0.550 e. The predicted octanol–water partition coefficient (Wildman–Crippen LogP) is 10.6. The number of hydrogen-bond acceptors (Lipinski definition) is 18. The second-order valence-electron chi connectivity index (χ2n) is 25.4. The summed E-state index contributed by atoms with van der Waals surface area (Å²) in [7, 11) is 13.0. The van der Waals surface area contributed by atoms with E-state index in [-0.39, 0.29) is 95.3 Å². The van der Waals surface area contributed by atoms with E-state index < -0.39 is 23.9 Å². The number of nitrogens with zero attached hydrogens (tertiary/aromatic N) is 6. The van der Waals surface area contributed by atoms with E-state index in [9.17, 15) is 68.4 Å². The molecule has 0 bridgehead atoms. The number of methoxy groups -OCH3 is 4. The number of carboxylic acids is 4. The van der Waals surface area contributed by atoms with Gasteiger partial charge in [0, 0.05) is 178 Å². The molecular weight excluding hydrogens is 1650 g/mol. The number of fused-ring (bicyclic) bond motifs is 4. The molecule has 0 spiro atoms. The van der Waals surface area contributed by atoms with Crippen molar-refractivity contribution in [2.75, 3.05) is 56.6 Å². The van der Waals surface area contributed by atoms with E-state index in [4.69, 9.17) is 65.4 Å². The molecule has 0 fully saturated rings. The van der Waals surface area contributed by atoms with Crippen LogP contribution < -0.4 is 39.4 Å². The number of carbonyl (C=O) groups is 10. The van der Waals surface area contributed by atoms with Crippen molar-refractivity contribution in [2.45, 2.75) is 67.2 Å². The smallest absolute Gasteiger partial charge is 0.550 e. The van der Waals surface area contributed by atoms with Gasteiger partial charge < -0.3 is 68.4 Å². The van der Waals surface area contributed by atoms with Crippen LogP contribution in [0.3, 0.4) is 0 Å². The molecule has 602 valence electrons. The average molecular weight is 1730 g/mol. The maximum absolute atomic E-state index is 13.0. The molecule has 12 rings (SSSR count). The third-order valence-corrected chi connectivity index (χ3v) is 18.9. The number of carbonyl (C=O) groups excluding carboxylic acids is 10. The largest absolute Gasteiger partial charge is 2.00 e. The van der Waals surface area contributed by atoms with Crippen molar-refractivity contribution in [2.24, 2.45) is 0 Å². The van der Waals surface area contributed by atoms with E-state index in [0.717, 1.165) is 0 Å². The van der Waals surface area contributed by atoms with Crippen molar-refractivity contribution in [3.8, 4) is 23.0 Å². The summed E-state index contributed by atoms with van der Waals surface area (Å²) in [5.74, 6) is -3.31. The Kier molecular flexibility index (Phi) is 34.5. The van der Waals surface area contributed by atoms with E-state index in [1.807, 2.05) is 0 Å². The summed E-state index contributed by atoms with van der Waals surface area (Å²) in [5, 5.41) is 49.4. The molecule has 12 aromatic rings. The quantitative estimate of drug-likeness (QED) is 0.0811. The molecule has 4 aromatic heterocycles. The topological polar surface area (TPSA) is 326 Å². The molecule has 4 heterocycles. The standard InChI is InChI=1S/4C19H16ClNO4.2C4H9NO.2Cu/c4*1-11-15(10-18(22)23)16-9-14(25-2)7-8-17(16)21(11)19(24)12-3-5-13(20)6-4-12;2*1-4(6)5(2)3;;/h4*3-9H,10H2,1-2H3,(H,22,23);2*1-3H3;;/q;;;;;;2*+2/p-4. The van der Waals surface area contributed by atoms with E-state index in [0.29, 0.717) is 154 Å². The Morgan fingerprint density at radius 2 is 0.465 bits per heavy atom. The first-order chi connectivity index (χ1) is 53.0. The van der Waals surface area contributed by atoms with E-state index in [1.54, 1.807) is 226 Å². The minimum atomic E-state index is -1.20. The van der Waals surface area contributed by atoms with Crippen LogP contribution in [0.1, 0.15) is 100 Å². The van der Waals surface area contributed by atoms with Gasteiger partial charge >= 0.3 is 34.1 Å². The number of benzene rings is 8. The van der Waals surface area contributed by atoms with Gasteiger partial charge in [-0.25, -0.2) is 0 Å². The van der Waals surface area contributed by atoms with Gasteiger partial charge in [-0.15, -0.1) is 0 Å². The Labute approximate surface area is 698 Å². The Bertz CT molecular complexity index is 4890.